The van der Waals surface area contributed by atoms with Gasteiger partial charge in [0.2, 0.25) is 0 Å². The van der Waals surface area contributed by atoms with Gasteiger partial charge in [-0.2, -0.15) is 0 Å². The molecule has 4 aliphatic rings. The summed E-state index contributed by atoms with van der Waals surface area (Å²) in [6.45, 7) is 11.5. The summed E-state index contributed by atoms with van der Waals surface area (Å²) in [7, 11) is 0. The minimum Gasteiger partial charge on any atom is -0.481 e. The SMILES string of the molecule is CC(C)CCC(OC(=O)CCC(=O)O)[C@@H](C)C1CCC2C3CC=C4CC(OC(=O)CCC(=O)O)CCC4(C)C3CCC21C. The van der Waals surface area contributed by atoms with E-state index in [1.807, 2.05) is 0 Å². The number of carboxylic acids is 2. The third-order valence-electron chi connectivity index (χ3n) is 12.0. The predicted molar refractivity (Wildman–Crippen MR) is 162 cm³/mol. The summed E-state index contributed by atoms with van der Waals surface area (Å²) in [6.07, 6.45) is 11.6. The lowest BCUT2D eigenvalue weighted by Crippen LogP contribution is -2.51. The number of fused-ring (bicyclic) bond motifs is 5. The molecular weight excluding hydrogens is 548 g/mol. The van der Waals surface area contributed by atoms with Crippen LogP contribution in [-0.4, -0.2) is 46.3 Å². The second-order valence-corrected chi connectivity index (χ2v) is 15.0. The van der Waals surface area contributed by atoms with Crippen molar-refractivity contribution < 1.29 is 38.9 Å². The van der Waals surface area contributed by atoms with Crippen LogP contribution in [0.1, 0.15) is 125 Å². The van der Waals surface area contributed by atoms with E-state index < -0.39 is 23.9 Å². The van der Waals surface area contributed by atoms with Gasteiger partial charge in [-0.05, 0) is 104 Å². The fourth-order valence-corrected chi connectivity index (χ4v) is 9.71. The normalized spacial score (nSPS) is 34.7. The second-order valence-electron chi connectivity index (χ2n) is 15.0. The van der Waals surface area contributed by atoms with Gasteiger partial charge in [-0.1, -0.05) is 46.3 Å². The Labute approximate surface area is 257 Å². The molecule has 8 heteroatoms. The van der Waals surface area contributed by atoms with Crippen LogP contribution >= 0.6 is 0 Å². The Hall–Kier alpha value is -2.38. The summed E-state index contributed by atoms with van der Waals surface area (Å²) in [5, 5.41) is 17.9. The van der Waals surface area contributed by atoms with E-state index in [2.05, 4.69) is 40.7 Å². The Balaban J connectivity index is 1.44. The number of hydrogen-bond acceptors (Lipinski definition) is 6. The van der Waals surface area contributed by atoms with E-state index in [9.17, 15) is 19.2 Å². The van der Waals surface area contributed by atoms with Gasteiger partial charge in [0.15, 0.2) is 0 Å². The van der Waals surface area contributed by atoms with Gasteiger partial charge in [-0.3, -0.25) is 19.2 Å². The van der Waals surface area contributed by atoms with E-state index in [1.54, 1.807) is 0 Å². The molecule has 8 nitrogen and oxygen atoms in total. The number of hydrogen-bond donors (Lipinski definition) is 2. The first-order chi connectivity index (χ1) is 20.2. The topological polar surface area (TPSA) is 127 Å². The molecule has 0 spiro atoms. The maximum absolute atomic E-state index is 12.6. The van der Waals surface area contributed by atoms with Crippen molar-refractivity contribution in [1.29, 1.82) is 0 Å². The average Bonchev–Trinajstić information content (AvgIpc) is 3.30. The van der Waals surface area contributed by atoms with Gasteiger partial charge >= 0.3 is 23.9 Å². The van der Waals surface area contributed by atoms with Crippen molar-refractivity contribution in [2.45, 2.75) is 137 Å². The summed E-state index contributed by atoms with van der Waals surface area (Å²) in [4.78, 5) is 46.7. The van der Waals surface area contributed by atoms with E-state index in [0.717, 1.165) is 51.4 Å². The number of rotatable bonds is 13. The maximum Gasteiger partial charge on any atom is 0.306 e. The standard InChI is InChI=1S/C35H54O8/c1-21(2)6-11-29(43-33(41)15-13-31(38)39)22(3)26-9-10-27-25-8-7-23-20-24(42-32(40)14-12-30(36)37)16-18-34(23,4)28(25)17-19-35(26,27)5/h7,21-22,24-29H,6,8-20H2,1-5H3,(H,36,37)(H,38,39)/t22-,24?,25?,26?,27?,28?,29?,34?,35?/m0/s1. The largest absolute Gasteiger partial charge is 0.481 e. The molecule has 0 amide bonds. The molecule has 0 bridgehead atoms. The molecule has 43 heavy (non-hydrogen) atoms. The Bertz CT molecular complexity index is 1080. The van der Waals surface area contributed by atoms with E-state index in [4.69, 9.17) is 19.7 Å². The zero-order chi connectivity index (χ0) is 31.5. The molecule has 0 aromatic heterocycles. The van der Waals surface area contributed by atoms with Crippen molar-refractivity contribution in [3.63, 3.8) is 0 Å². The Morgan fingerprint density at radius 1 is 0.860 bits per heavy atom. The van der Waals surface area contributed by atoms with Crippen LogP contribution in [0.4, 0.5) is 0 Å². The zero-order valence-electron chi connectivity index (χ0n) is 26.9. The van der Waals surface area contributed by atoms with Crippen LogP contribution in [0.15, 0.2) is 11.6 Å². The fourth-order valence-electron chi connectivity index (χ4n) is 9.71. The Kier molecular flexibility index (Phi) is 10.7. The molecular formula is C35H54O8. The Morgan fingerprint density at radius 3 is 2.19 bits per heavy atom. The molecule has 0 radical (unpaired) electrons. The molecule has 0 saturated heterocycles. The molecule has 0 aromatic carbocycles. The smallest absolute Gasteiger partial charge is 0.306 e. The zero-order valence-corrected chi connectivity index (χ0v) is 26.9. The highest BCUT2D eigenvalue weighted by Crippen LogP contribution is 2.67. The van der Waals surface area contributed by atoms with E-state index >= 15 is 0 Å². The highest BCUT2D eigenvalue weighted by atomic mass is 16.5. The molecule has 4 rings (SSSR count). The van der Waals surface area contributed by atoms with Gasteiger partial charge in [0, 0.05) is 6.42 Å². The monoisotopic (exact) mass is 602 g/mol. The molecule has 9 atom stereocenters. The van der Waals surface area contributed by atoms with Gasteiger partial charge in [-0.15, -0.1) is 0 Å². The van der Waals surface area contributed by atoms with Crippen LogP contribution in [-0.2, 0) is 28.7 Å². The molecule has 0 heterocycles. The lowest BCUT2D eigenvalue weighted by Gasteiger charge is -2.58. The van der Waals surface area contributed by atoms with Crippen LogP contribution < -0.4 is 0 Å². The van der Waals surface area contributed by atoms with Crippen LogP contribution in [0, 0.1) is 46.3 Å². The van der Waals surface area contributed by atoms with Crippen LogP contribution in [0.3, 0.4) is 0 Å². The first-order valence-corrected chi connectivity index (χ1v) is 16.8. The highest BCUT2D eigenvalue weighted by molar-refractivity contribution is 5.77. The summed E-state index contributed by atoms with van der Waals surface area (Å²) in [6, 6.07) is 0. The van der Waals surface area contributed by atoms with Crippen LogP contribution in [0.25, 0.3) is 0 Å². The summed E-state index contributed by atoms with van der Waals surface area (Å²) in [5.74, 6) is 0.255. The number of esters is 2. The van der Waals surface area contributed by atoms with E-state index in [1.165, 1.54) is 18.4 Å². The van der Waals surface area contributed by atoms with Crippen molar-refractivity contribution in [3.8, 4) is 0 Å². The third-order valence-corrected chi connectivity index (χ3v) is 12.0. The molecule has 8 unspecified atom stereocenters. The molecule has 2 N–H and O–H groups in total. The molecule has 3 saturated carbocycles. The fraction of sp³-hybridized carbons (Fsp3) is 0.829. The number of ether oxygens (including phenoxy) is 2. The van der Waals surface area contributed by atoms with Gasteiger partial charge in [0.1, 0.15) is 12.2 Å². The lowest BCUT2D eigenvalue weighted by atomic mass is 9.47. The number of carbonyl (C=O) groups excluding carboxylic acids is 2. The average molecular weight is 603 g/mol. The van der Waals surface area contributed by atoms with Gasteiger partial charge < -0.3 is 19.7 Å². The highest BCUT2D eigenvalue weighted by Gasteiger charge is 2.60. The third kappa shape index (κ3) is 7.47. The Morgan fingerprint density at radius 2 is 1.53 bits per heavy atom. The summed E-state index contributed by atoms with van der Waals surface area (Å²) in [5.41, 5.74) is 1.71. The second kappa shape index (κ2) is 13.7. The molecule has 0 aromatic rings. The maximum atomic E-state index is 12.6. The van der Waals surface area contributed by atoms with Crippen molar-refractivity contribution in [2.24, 2.45) is 46.3 Å². The first-order valence-electron chi connectivity index (χ1n) is 16.8. The summed E-state index contributed by atoms with van der Waals surface area (Å²) >= 11 is 0. The van der Waals surface area contributed by atoms with Crippen molar-refractivity contribution in [2.75, 3.05) is 0 Å². The van der Waals surface area contributed by atoms with E-state index in [-0.39, 0.29) is 54.6 Å². The van der Waals surface area contributed by atoms with Crippen LogP contribution in [0.2, 0.25) is 0 Å². The number of aliphatic carboxylic acids is 2. The van der Waals surface area contributed by atoms with Crippen molar-refractivity contribution >= 4 is 23.9 Å². The molecule has 3 fully saturated rings. The molecule has 4 aliphatic carbocycles. The first kappa shape index (κ1) is 33.5. The van der Waals surface area contributed by atoms with Crippen molar-refractivity contribution in [3.05, 3.63) is 11.6 Å². The van der Waals surface area contributed by atoms with Gasteiger partial charge in [0.25, 0.3) is 0 Å². The number of carbonyl (C=O) groups is 4. The summed E-state index contributed by atoms with van der Waals surface area (Å²) < 4.78 is 11.7. The molecule has 242 valence electrons. The molecule has 0 aliphatic heterocycles. The van der Waals surface area contributed by atoms with Gasteiger partial charge in [0.05, 0.1) is 25.7 Å². The number of carboxylic acid groups (broad SMARTS) is 2. The van der Waals surface area contributed by atoms with Crippen LogP contribution in [0.5, 0.6) is 0 Å². The lowest BCUT2D eigenvalue weighted by molar-refractivity contribution is -0.157. The van der Waals surface area contributed by atoms with Crippen molar-refractivity contribution in [1.82, 2.24) is 0 Å². The quantitative estimate of drug-likeness (QED) is 0.167. The van der Waals surface area contributed by atoms with Gasteiger partial charge in [-0.25, -0.2) is 0 Å². The minimum absolute atomic E-state index is 0.0768. The predicted octanol–water partition coefficient (Wildman–Crippen LogP) is 7.19. The minimum atomic E-state index is -0.982. The number of allylic oxidation sites excluding steroid dienone is 1. The van der Waals surface area contributed by atoms with E-state index in [0.29, 0.717) is 29.6 Å².